The van der Waals surface area contributed by atoms with E-state index in [9.17, 15) is 0 Å². The number of rotatable bonds is 1. The molecular weight excluding hydrogens is 266 g/mol. The highest BCUT2D eigenvalue weighted by Gasteiger charge is 2.10. The fraction of sp³-hybridized carbons (Fsp3) is 0.143. The van der Waals surface area contributed by atoms with Crippen molar-refractivity contribution in [2.24, 2.45) is 0 Å². The van der Waals surface area contributed by atoms with Gasteiger partial charge in [-0.1, -0.05) is 74.6 Å². The maximum Gasteiger partial charge on any atom is 0.0471 e. The first-order chi connectivity index (χ1) is 10.9. The SMILES string of the molecule is C1=CCC=C(c2cccc3[nH]c4ccccc4c23)C=C1.CC. The third kappa shape index (κ3) is 2.50. The molecule has 110 valence electrons. The molecule has 1 aliphatic carbocycles. The topological polar surface area (TPSA) is 15.8 Å². The fourth-order valence-electron chi connectivity index (χ4n) is 2.92. The summed E-state index contributed by atoms with van der Waals surface area (Å²) in [6.07, 6.45) is 11.9. The molecule has 4 rings (SSSR count). The standard InChI is InChI=1S/C19H15N.C2H6/c1-2-4-9-14(8-3-1)15-11-7-13-18-19(15)16-10-5-6-12-17(16)20-18;1-2/h1-3,5-13,20H,4H2;1-2H3. The molecule has 0 unspecified atom stereocenters. The van der Waals surface area contributed by atoms with Crippen molar-refractivity contribution in [3.63, 3.8) is 0 Å². The van der Waals surface area contributed by atoms with Crippen molar-refractivity contribution in [1.82, 2.24) is 4.98 Å². The summed E-state index contributed by atoms with van der Waals surface area (Å²) in [6, 6.07) is 15.0. The molecule has 0 spiro atoms. The van der Waals surface area contributed by atoms with Crippen LogP contribution in [0.4, 0.5) is 0 Å². The van der Waals surface area contributed by atoms with E-state index in [4.69, 9.17) is 0 Å². The van der Waals surface area contributed by atoms with Crippen LogP contribution in [0.2, 0.25) is 0 Å². The summed E-state index contributed by atoms with van der Waals surface area (Å²) in [5.41, 5.74) is 5.01. The molecular formula is C21H21N. The number of hydrogen-bond donors (Lipinski definition) is 1. The molecule has 1 aromatic heterocycles. The van der Waals surface area contributed by atoms with Crippen molar-refractivity contribution in [2.45, 2.75) is 20.3 Å². The molecule has 1 nitrogen and oxygen atoms in total. The van der Waals surface area contributed by atoms with E-state index in [0.717, 1.165) is 6.42 Å². The number of benzene rings is 2. The Morgan fingerprint density at radius 2 is 1.68 bits per heavy atom. The van der Waals surface area contributed by atoms with E-state index in [0.29, 0.717) is 0 Å². The fourth-order valence-corrected chi connectivity index (χ4v) is 2.92. The molecule has 2 aromatic carbocycles. The van der Waals surface area contributed by atoms with E-state index in [-0.39, 0.29) is 0 Å². The summed E-state index contributed by atoms with van der Waals surface area (Å²) >= 11 is 0. The molecule has 3 aromatic rings. The number of allylic oxidation sites excluding steroid dienone is 6. The van der Waals surface area contributed by atoms with Gasteiger partial charge in [0.2, 0.25) is 0 Å². The molecule has 1 N–H and O–H groups in total. The zero-order valence-corrected chi connectivity index (χ0v) is 13.1. The molecule has 0 saturated carbocycles. The number of aromatic nitrogens is 1. The van der Waals surface area contributed by atoms with Crippen molar-refractivity contribution in [1.29, 1.82) is 0 Å². The molecule has 0 bridgehead atoms. The lowest BCUT2D eigenvalue weighted by atomic mass is 9.98. The van der Waals surface area contributed by atoms with Crippen LogP contribution >= 0.6 is 0 Å². The first-order valence-corrected chi connectivity index (χ1v) is 7.97. The minimum atomic E-state index is 0.987. The largest absolute Gasteiger partial charge is 0.354 e. The van der Waals surface area contributed by atoms with Gasteiger partial charge in [-0.05, 0) is 29.7 Å². The molecule has 0 fully saturated rings. The highest BCUT2D eigenvalue weighted by molar-refractivity contribution is 6.12. The van der Waals surface area contributed by atoms with Gasteiger partial charge in [0.05, 0.1) is 0 Å². The van der Waals surface area contributed by atoms with Gasteiger partial charge in [-0.3, -0.25) is 0 Å². The van der Waals surface area contributed by atoms with Gasteiger partial charge in [0.15, 0.2) is 0 Å². The Hall–Kier alpha value is -2.54. The Morgan fingerprint density at radius 3 is 2.59 bits per heavy atom. The van der Waals surface area contributed by atoms with Crippen LogP contribution in [0.25, 0.3) is 27.4 Å². The lowest BCUT2D eigenvalue weighted by Crippen LogP contribution is -1.82. The van der Waals surface area contributed by atoms with E-state index < -0.39 is 0 Å². The second-order valence-electron chi connectivity index (χ2n) is 5.08. The second kappa shape index (κ2) is 6.48. The zero-order valence-electron chi connectivity index (χ0n) is 13.1. The minimum absolute atomic E-state index is 0.987. The smallest absolute Gasteiger partial charge is 0.0471 e. The van der Waals surface area contributed by atoms with Gasteiger partial charge in [0.25, 0.3) is 0 Å². The summed E-state index contributed by atoms with van der Waals surface area (Å²) in [6.45, 7) is 4.00. The summed E-state index contributed by atoms with van der Waals surface area (Å²) in [5.74, 6) is 0. The molecule has 1 heterocycles. The van der Waals surface area contributed by atoms with E-state index in [1.54, 1.807) is 0 Å². The number of hydrogen-bond acceptors (Lipinski definition) is 0. The molecule has 0 saturated heterocycles. The molecule has 0 atom stereocenters. The molecule has 0 amide bonds. The van der Waals surface area contributed by atoms with Crippen molar-refractivity contribution < 1.29 is 0 Å². The summed E-state index contributed by atoms with van der Waals surface area (Å²) in [7, 11) is 0. The van der Waals surface area contributed by atoms with Crippen molar-refractivity contribution in [3.8, 4) is 0 Å². The predicted octanol–water partition coefficient (Wildman–Crippen LogP) is 6.25. The average Bonchev–Trinajstić information content (AvgIpc) is 2.76. The lowest BCUT2D eigenvalue weighted by Gasteiger charge is -2.05. The third-order valence-electron chi connectivity index (χ3n) is 3.84. The summed E-state index contributed by atoms with van der Waals surface area (Å²) in [5, 5.41) is 2.62. The van der Waals surface area contributed by atoms with Crippen LogP contribution in [0.5, 0.6) is 0 Å². The summed E-state index contributed by atoms with van der Waals surface area (Å²) < 4.78 is 0. The van der Waals surface area contributed by atoms with Crippen LogP contribution < -0.4 is 0 Å². The van der Waals surface area contributed by atoms with E-state index in [1.807, 2.05) is 13.8 Å². The van der Waals surface area contributed by atoms with Gasteiger partial charge in [-0.25, -0.2) is 0 Å². The van der Waals surface area contributed by atoms with Crippen LogP contribution in [0.3, 0.4) is 0 Å². The normalized spacial score (nSPS) is 13.6. The van der Waals surface area contributed by atoms with E-state index in [1.165, 1.54) is 32.9 Å². The van der Waals surface area contributed by atoms with E-state index >= 15 is 0 Å². The number of H-pyrrole nitrogens is 1. The van der Waals surface area contributed by atoms with Crippen molar-refractivity contribution in [2.75, 3.05) is 0 Å². The van der Waals surface area contributed by atoms with Crippen LogP contribution in [-0.2, 0) is 0 Å². The van der Waals surface area contributed by atoms with Gasteiger partial charge < -0.3 is 4.98 Å². The maximum atomic E-state index is 3.51. The van der Waals surface area contributed by atoms with Crippen LogP contribution in [0.1, 0.15) is 25.8 Å². The minimum Gasteiger partial charge on any atom is -0.354 e. The maximum absolute atomic E-state index is 3.51. The van der Waals surface area contributed by atoms with E-state index in [2.05, 4.69) is 77.8 Å². The Balaban J connectivity index is 0.000000693. The van der Waals surface area contributed by atoms with Gasteiger partial charge >= 0.3 is 0 Å². The number of fused-ring (bicyclic) bond motifs is 3. The monoisotopic (exact) mass is 287 g/mol. The molecule has 1 heteroatoms. The number of para-hydroxylation sites is 1. The van der Waals surface area contributed by atoms with Crippen molar-refractivity contribution >= 4 is 27.4 Å². The Labute approximate surface area is 131 Å². The van der Waals surface area contributed by atoms with Crippen molar-refractivity contribution in [3.05, 3.63) is 78.4 Å². The van der Waals surface area contributed by atoms with Gasteiger partial charge in [-0.15, -0.1) is 0 Å². The Kier molecular flexibility index (Phi) is 4.24. The molecule has 1 aliphatic rings. The lowest BCUT2D eigenvalue weighted by molar-refractivity contribution is 1.41. The highest BCUT2D eigenvalue weighted by atomic mass is 14.7. The molecule has 22 heavy (non-hydrogen) atoms. The van der Waals surface area contributed by atoms with Crippen LogP contribution in [0.15, 0.2) is 72.8 Å². The number of nitrogens with one attached hydrogen (secondary N) is 1. The third-order valence-corrected chi connectivity index (χ3v) is 3.84. The predicted molar refractivity (Wildman–Crippen MR) is 98.0 cm³/mol. The first kappa shape index (κ1) is 14.4. The Morgan fingerprint density at radius 1 is 0.864 bits per heavy atom. The van der Waals surface area contributed by atoms with Gasteiger partial charge in [0.1, 0.15) is 0 Å². The molecule has 0 aliphatic heterocycles. The Bertz CT molecular complexity index is 875. The number of aromatic amines is 1. The summed E-state index contributed by atoms with van der Waals surface area (Å²) in [4.78, 5) is 3.51. The molecule has 0 radical (unpaired) electrons. The first-order valence-electron chi connectivity index (χ1n) is 7.97. The van der Waals surface area contributed by atoms with Gasteiger partial charge in [-0.2, -0.15) is 0 Å². The second-order valence-corrected chi connectivity index (χ2v) is 5.08. The van der Waals surface area contributed by atoms with Crippen LogP contribution in [0, 0.1) is 0 Å². The quantitative estimate of drug-likeness (QED) is 0.544. The highest BCUT2D eigenvalue weighted by Crippen LogP contribution is 2.33. The zero-order chi connectivity index (χ0) is 15.4. The average molecular weight is 287 g/mol. The van der Waals surface area contributed by atoms with Crippen LogP contribution in [-0.4, -0.2) is 4.98 Å². The van der Waals surface area contributed by atoms with Gasteiger partial charge in [0, 0.05) is 21.8 Å².